The summed E-state index contributed by atoms with van der Waals surface area (Å²) < 4.78 is 5.09. The van der Waals surface area contributed by atoms with Crippen molar-refractivity contribution in [3.05, 3.63) is 56.0 Å². The highest BCUT2D eigenvalue weighted by molar-refractivity contribution is 6.35. The van der Waals surface area contributed by atoms with E-state index in [9.17, 15) is 0 Å². The van der Waals surface area contributed by atoms with E-state index in [2.05, 4.69) is 23.8 Å². The minimum absolute atomic E-state index is 0.220. The molecule has 0 saturated carbocycles. The van der Waals surface area contributed by atoms with Gasteiger partial charge < -0.3 is 4.74 Å². The molecule has 1 aromatic carbocycles. The Balaban J connectivity index is 2.45. The number of methoxy groups -OCH3 is 1. The third-order valence-electron chi connectivity index (χ3n) is 3.24. The number of rotatable bonds is 5. The molecule has 0 saturated heterocycles. The number of benzene rings is 1. The lowest BCUT2D eigenvalue weighted by atomic mass is 9.99. The number of nitrogens with zero attached hydrogens (tertiary/aromatic N) is 2. The summed E-state index contributed by atoms with van der Waals surface area (Å²) in [7, 11) is 1.60. The van der Waals surface area contributed by atoms with Gasteiger partial charge in [-0.15, -0.1) is 0 Å². The Morgan fingerprint density at radius 1 is 1.14 bits per heavy atom. The zero-order valence-electron chi connectivity index (χ0n) is 12.7. The molecule has 0 unspecified atom stereocenters. The minimum Gasteiger partial charge on any atom is -0.377 e. The molecule has 6 heteroatoms. The van der Waals surface area contributed by atoms with Crippen LogP contribution in [0.25, 0.3) is 0 Å². The average molecular weight is 360 g/mol. The smallest absolute Gasteiger partial charge is 0.155 e. The molecule has 2 rings (SSSR count). The highest BCUT2D eigenvalue weighted by atomic mass is 35.5. The number of ether oxygens (including phenoxy) is 1. The molecule has 3 nitrogen and oxygen atoms in total. The first-order valence-electron chi connectivity index (χ1n) is 6.90. The Morgan fingerprint density at radius 3 is 2.45 bits per heavy atom. The summed E-state index contributed by atoms with van der Waals surface area (Å²) in [4.78, 5) is 8.89. The van der Waals surface area contributed by atoms with Crippen LogP contribution in [0.15, 0.2) is 18.2 Å². The molecule has 0 spiro atoms. The van der Waals surface area contributed by atoms with Crippen molar-refractivity contribution in [1.29, 1.82) is 0 Å². The molecule has 0 bridgehead atoms. The van der Waals surface area contributed by atoms with Gasteiger partial charge in [-0.2, -0.15) is 0 Å². The van der Waals surface area contributed by atoms with Gasteiger partial charge in [-0.1, -0.05) is 54.7 Å². The Morgan fingerprint density at radius 2 is 1.86 bits per heavy atom. The van der Waals surface area contributed by atoms with Crippen LogP contribution in [0.5, 0.6) is 0 Å². The molecule has 0 aliphatic heterocycles. The van der Waals surface area contributed by atoms with E-state index >= 15 is 0 Å². The lowest BCUT2D eigenvalue weighted by Gasteiger charge is -2.15. The summed E-state index contributed by atoms with van der Waals surface area (Å²) in [5, 5.41) is 1.66. The van der Waals surface area contributed by atoms with Crippen LogP contribution in [-0.2, 0) is 17.8 Å². The molecule has 1 heterocycles. The van der Waals surface area contributed by atoms with Crippen molar-refractivity contribution in [3.8, 4) is 0 Å². The number of hydrogen-bond acceptors (Lipinski definition) is 3. The minimum atomic E-state index is 0.220. The average Bonchev–Trinajstić information content (AvgIpc) is 2.44. The molecular formula is C16H17Cl3N2O. The van der Waals surface area contributed by atoms with Crippen LogP contribution < -0.4 is 0 Å². The van der Waals surface area contributed by atoms with Gasteiger partial charge in [0.1, 0.15) is 11.8 Å². The van der Waals surface area contributed by atoms with Crippen LogP contribution in [0.1, 0.15) is 42.4 Å². The molecule has 0 radical (unpaired) electrons. The maximum atomic E-state index is 6.37. The quantitative estimate of drug-likeness (QED) is 0.680. The molecule has 0 aliphatic rings. The third kappa shape index (κ3) is 4.11. The second kappa shape index (κ2) is 7.60. The van der Waals surface area contributed by atoms with E-state index in [-0.39, 0.29) is 5.92 Å². The van der Waals surface area contributed by atoms with Gasteiger partial charge in [-0.05, 0) is 23.6 Å². The Labute approximate surface area is 145 Å². The first-order valence-corrected chi connectivity index (χ1v) is 8.03. The van der Waals surface area contributed by atoms with Gasteiger partial charge in [-0.3, -0.25) is 0 Å². The van der Waals surface area contributed by atoms with E-state index in [1.807, 2.05) is 12.1 Å². The molecular weight excluding hydrogens is 343 g/mol. The Hall–Kier alpha value is -0.870. The highest BCUT2D eigenvalue weighted by Crippen LogP contribution is 2.29. The summed E-state index contributed by atoms with van der Waals surface area (Å²) in [5.41, 5.74) is 2.75. The van der Waals surface area contributed by atoms with Gasteiger partial charge in [0.05, 0.1) is 5.69 Å². The van der Waals surface area contributed by atoms with Gasteiger partial charge in [0.15, 0.2) is 5.82 Å². The van der Waals surface area contributed by atoms with Gasteiger partial charge in [-0.25, -0.2) is 9.97 Å². The van der Waals surface area contributed by atoms with E-state index in [4.69, 9.17) is 39.5 Å². The molecule has 0 atom stereocenters. The summed E-state index contributed by atoms with van der Waals surface area (Å²) >= 11 is 18.6. The van der Waals surface area contributed by atoms with Crippen LogP contribution >= 0.6 is 34.8 Å². The van der Waals surface area contributed by atoms with Crippen molar-refractivity contribution >= 4 is 34.8 Å². The zero-order chi connectivity index (χ0) is 16.3. The first kappa shape index (κ1) is 17.5. The number of hydrogen-bond donors (Lipinski definition) is 0. The van der Waals surface area contributed by atoms with Crippen molar-refractivity contribution in [2.45, 2.75) is 32.8 Å². The second-order valence-corrected chi connectivity index (χ2v) is 6.50. The Kier molecular flexibility index (Phi) is 6.04. The maximum absolute atomic E-state index is 6.37. The maximum Gasteiger partial charge on any atom is 0.155 e. The monoisotopic (exact) mass is 358 g/mol. The predicted molar refractivity (Wildman–Crippen MR) is 91.1 cm³/mol. The van der Waals surface area contributed by atoms with E-state index in [0.717, 1.165) is 16.8 Å². The van der Waals surface area contributed by atoms with Gasteiger partial charge in [0, 0.05) is 29.1 Å². The predicted octanol–water partition coefficient (Wildman–Crippen LogP) is 5.30. The molecule has 22 heavy (non-hydrogen) atoms. The number of halogens is 3. The summed E-state index contributed by atoms with van der Waals surface area (Å²) in [6.45, 7) is 4.48. The molecule has 0 amide bonds. The molecule has 118 valence electrons. The largest absolute Gasteiger partial charge is 0.377 e. The second-order valence-electron chi connectivity index (χ2n) is 5.29. The van der Waals surface area contributed by atoms with Crippen LogP contribution in [0.2, 0.25) is 15.2 Å². The summed E-state index contributed by atoms with van der Waals surface area (Å²) in [5.74, 6) is 0.805. The third-order valence-corrected chi connectivity index (χ3v) is 4.14. The molecule has 1 aromatic heterocycles. The first-order chi connectivity index (χ1) is 10.4. The molecule has 2 aromatic rings. The van der Waals surface area contributed by atoms with Crippen LogP contribution in [0.4, 0.5) is 0 Å². The van der Waals surface area contributed by atoms with Gasteiger partial charge >= 0.3 is 0 Å². The fourth-order valence-electron chi connectivity index (χ4n) is 2.21. The molecule has 0 N–H and O–H groups in total. The zero-order valence-corrected chi connectivity index (χ0v) is 14.9. The van der Waals surface area contributed by atoms with Crippen molar-refractivity contribution in [3.63, 3.8) is 0 Å². The lowest BCUT2D eigenvalue weighted by molar-refractivity contribution is 0.177. The van der Waals surface area contributed by atoms with Crippen molar-refractivity contribution in [2.24, 2.45) is 0 Å². The summed E-state index contributed by atoms with van der Waals surface area (Å²) in [6, 6.07) is 5.43. The van der Waals surface area contributed by atoms with Crippen LogP contribution in [-0.4, -0.2) is 17.1 Å². The summed E-state index contributed by atoms with van der Waals surface area (Å²) in [6.07, 6.45) is 0.565. The highest BCUT2D eigenvalue weighted by Gasteiger charge is 2.17. The van der Waals surface area contributed by atoms with Crippen LogP contribution in [0.3, 0.4) is 0 Å². The van der Waals surface area contributed by atoms with Crippen molar-refractivity contribution in [1.82, 2.24) is 9.97 Å². The van der Waals surface area contributed by atoms with Crippen molar-refractivity contribution in [2.75, 3.05) is 7.11 Å². The van der Waals surface area contributed by atoms with E-state index in [1.54, 1.807) is 13.2 Å². The standard InChI is InChI=1S/C16H17Cl3N2O/c1-9(2)15-12(16(19)21-14(20-15)8-22-3)6-10-4-5-11(17)7-13(10)18/h4-5,7,9H,6,8H2,1-3H3. The van der Waals surface area contributed by atoms with E-state index < -0.39 is 0 Å². The SMILES string of the molecule is COCc1nc(Cl)c(Cc2ccc(Cl)cc2Cl)c(C(C)C)n1. The molecule has 0 aliphatic carbocycles. The normalized spacial score (nSPS) is 11.2. The Bertz CT molecular complexity index is 675. The lowest BCUT2D eigenvalue weighted by Crippen LogP contribution is -2.09. The van der Waals surface area contributed by atoms with Crippen LogP contribution in [0, 0.1) is 0 Å². The molecule has 0 fully saturated rings. The fourth-order valence-corrected chi connectivity index (χ4v) is 2.94. The van der Waals surface area contributed by atoms with E-state index in [0.29, 0.717) is 34.1 Å². The van der Waals surface area contributed by atoms with E-state index in [1.165, 1.54) is 0 Å². The van der Waals surface area contributed by atoms with Crippen molar-refractivity contribution < 1.29 is 4.74 Å². The van der Waals surface area contributed by atoms with Gasteiger partial charge in [0.2, 0.25) is 0 Å². The topological polar surface area (TPSA) is 35.0 Å². The number of aromatic nitrogens is 2. The fraction of sp³-hybridized carbons (Fsp3) is 0.375. The van der Waals surface area contributed by atoms with Gasteiger partial charge in [0.25, 0.3) is 0 Å².